The maximum atomic E-state index is 11.8. The molecule has 124 valence electrons. The molecular formula is C15H23ClN2O2S2. The van der Waals surface area contributed by atoms with Crippen LogP contribution in [-0.4, -0.2) is 61.9 Å². The van der Waals surface area contributed by atoms with Gasteiger partial charge in [0.2, 0.25) is 10.0 Å². The second-order valence-electron chi connectivity index (χ2n) is 5.27. The zero-order chi connectivity index (χ0) is 16.0. The summed E-state index contributed by atoms with van der Waals surface area (Å²) in [4.78, 5) is 3.47. The van der Waals surface area contributed by atoms with E-state index in [1.54, 1.807) is 23.0 Å². The highest BCUT2D eigenvalue weighted by Crippen LogP contribution is 2.26. The molecule has 1 saturated heterocycles. The largest absolute Gasteiger partial charge is 0.301 e. The standard InChI is InChI=1S/C15H23ClN2O2S2/c1-2-22(19,20)18-11-9-17(10-12-18)8-5-13-21-15-7-4-3-6-14(15)16/h3-4,6-7H,2,5,8-13H2,1H3. The second-order valence-corrected chi connectivity index (χ2v) is 9.08. The molecule has 0 saturated carbocycles. The zero-order valence-corrected chi connectivity index (χ0v) is 15.3. The van der Waals surface area contributed by atoms with Crippen LogP contribution in [0.4, 0.5) is 0 Å². The lowest BCUT2D eigenvalue weighted by atomic mass is 10.3. The molecule has 1 aromatic carbocycles. The first-order valence-corrected chi connectivity index (χ1v) is 10.6. The molecule has 0 amide bonds. The monoisotopic (exact) mass is 362 g/mol. The quantitative estimate of drug-likeness (QED) is 0.552. The Bertz CT molecular complexity index is 573. The molecule has 0 aromatic heterocycles. The van der Waals surface area contributed by atoms with Crippen molar-refractivity contribution < 1.29 is 8.42 Å². The Labute approximate surface area is 142 Å². The van der Waals surface area contributed by atoms with Gasteiger partial charge in [-0.3, -0.25) is 0 Å². The first-order valence-electron chi connectivity index (χ1n) is 7.60. The average molecular weight is 363 g/mol. The molecule has 0 spiro atoms. The number of hydrogen-bond acceptors (Lipinski definition) is 4. The van der Waals surface area contributed by atoms with Crippen molar-refractivity contribution in [2.45, 2.75) is 18.2 Å². The van der Waals surface area contributed by atoms with Crippen molar-refractivity contribution in [3.8, 4) is 0 Å². The zero-order valence-electron chi connectivity index (χ0n) is 12.9. The van der Waals surface area contributed by atoms with Gasteiger partial charge < -0.3 is 4.90 Å². The third-order valence-electron chi connectivity index (χ3n) is 3.80. The molecule has 1 aliphatic rings. The summed E-state index contributed by atoms with van der Waals surface area (Å²) in [5, 5.41) is 0.811. The number of piperazine rings is 1. The van der Waals surface area contributed by atoms with Gasteiger partial charge in [-0.2, -0.15) is 4.31 Å². The summed E-state index contributed by atoms with van der Waals surface area (Å²) in [5.74, 6) is 1.22. The maximum Gasteiger partial charge on any atom is 0.213 e. The fourth-order valence-electron chi connectivity index (χ4n) is 2.45. The highest BCUT2D eigenvalue weighted by Gasteiger charge is 2.24. The fourth-order valence-corrected chi connectivity index (χ4v) is 4.70. The molecule has 1 fully saturated rings. The van der Waals surface area contributed by atoms with Crippen molar-refractivity contribution in [2.75, 3.05) is 44.2 Å². The Morgan fingerprint density at radius 3 is 2.50 bits per heavy atom. The van der Waals surface area contributed by atoms with Crippen LogP contribution >= 0.6 is 23.4 Å². The molecule has 2 rings (SSSR count). The third kappa shape index (κ3) is 5.13. The number of halogens is 1. The van der Waals surface area contributed by atoms with Crippen molar-refractivity contribution in [3.05, 3.63) is 29.3 Å². The Kier molecular flexibility index (Phi) is 7.02. The van der Waals surface area contributed by atoms with Crippen LogP contribution in [0.5, 0.6) is 0 Å². The summed E-state index contributed by atoms with van der Waals surface area (Å²) < 4.78 is 25.2. The first kappa shape index (κ1) is 18.1. The normalized spacial score (nSPS) is 17.7. The summed E-state index contributed by atoms with van der Waals surface area (Å²) in [7, 11) is -3.02. The molecule has 7 heteroatoms. The minimum absolute atomic E-state index is 0.196. The number of sulfonamides is 1. The van der Waals surface area contributed by atoms with E-state index >= 15 is 0 Å². The van der Waals surface area contributed by atoms with Crippen molar-refractivity contribution in [3.63, 3.8) is 0 Å². The van der Waals surface area contributed by atoms with E-state index in [0.717, 1.165) is 41.7 Å². The summed E-state index contributed by atoms with van der Waals surface area (Å²) in [5.41, 5.74) is 0. The van der Waals surface area contributed by atoms with E-state index in [9.17, 15) is 8.42 Å². The lowest BCUT2D eigenvalue weighted by Crippen LogP contribution is -2.49. The predicted molar refractivity (Wildman–Crippen MR) is 94.3 cm³/mol. The smallest absolute Gasteiger partial charge is 0.213 e. The van der Waals surface area contributed by atoms with Gasteiger partial charge in [-0.1, -0.05) is 23.7 Å². The topological polar surface area (TPSA) is 40.6 Å². The SMILES string of the molecule is CCS(=O)(=O)N1CCN(CCCSc2ccccc2Cl)CC1. The maximum absolute atomic E-state index is 11.8. The summed E-state index contributed by atoms with van der Waals surface area (Å²) in [6.45, 7) is 5.61. The van der Waals surface area contributed by atoms with Gasteiger partial charge in [0.25, 0.3) is 0 Å². The fraction of sp³-hybridized carbons (Fsp3) is 0.600. The highest BCUT2D eigenvalue weighted by atomic mass is 35.5. The van der Waals surface area contributed by atoms with Crippen LogP contribution in [0.1, 0.15) is 13.3 Å². The Morgan fingerprint density at radius 2 is 1.86 bits per heavy atom. The van der Waals surface area contributed by atoms with Gasteiger partial charge in [-0.15, -0.1) is 11.8 Å². The van der Waals surface area contributed by atoms with E-state index in [-0.39, 0.29) is 5.75 Å². The van der Waals surface area contributed by atoms with Gasteiger partial charge in [0.05, 0.1) is 10.8 Å². The van der Waals surface area contributed by atoms with Crippen molar-refractivity contribution in [2.24, 2.45) is 0 Å². The van der Waals surface area contributed by atoms with E-state index in [1.807, 2.05) is 24.3 Å². The van der Waals surface area contributed by atoms with Gasteiger partial charge in [-0.25, -0.2) is 8.42 Å². The van der Waals surface area contributed by atoms with Crippen molar-refractivity contribution in [1.29, 1.82) is 0 Å². The van der Waals surface area contributed by atoms with Crippen molar-refractivity contribution >= 4 is 33.4 Å². The molecule has 1 aromatic rings. The van der Waals surface area contributed by atoms with E-state index in [0.29, 0.717) is 13.1 Å². The van der Waals surface area contributed by atoms with E-state index < -0.39 is 10.0 Å². The van der Waals surface area contributed by atoms with Crippen LogP contribution in [0.25, 0.3) is 0 Å². The number of thioether (sulfide) groups is 1. The molecule has 4 nitrogen and oxygen atoms in total. The lowest BCUT2D eigenvalue weighted by molar-refractivity contribution is 0.189. The van der Waals surface area contributed by atoms with Crippen LogP contribution in [0.2, 0.25) is 5.02 Å². The van der Waals surface area contributed by atoms with Gasteiger partial charge in [0, 0.05) is 31.1 Å². The minimum Gasteiger partial charge on any atom is -0.301 e. The van der Waals surface area contributed by atoms with Gasteiger partial charge in [-0.05, 0) is 37.8 Å². The molecule has 0 atom stereocenters. The molecule has 1 heterocycles. The summed E-state index contributed by atoms with van der Waals surface area (Å²) >= 11 is 7.91. The number of nitrogens with zero attached hydrogens (tertiary/aromatic N) is 2. The number of benzene rings is 1. The third-order valence-corrected chi connectivity index (χ3v) is 7.29. The predicted octanol–water partition coefficient (Wildman–Crippen LogP) is 2.79. The van der Waals surface area contributed by atoms with Gasteiger partial charge >= 0.3 is 0 Å². The Balaban J connectivity index is 1.66. The molecule has 22 heavy (non-hydrogen) atoms. The average Bonchev–Trinajstić information content (AvgIpc) is 2.53. The van der Waals surface area contributed by atoms with Gasteiger partial charge in [0.1, 0.15) is 0 Å². The second kappa shape index (κ2) is 8.55. The summed E-state index contributed by atoms with van der Waals surface area (Å²) in [6.07, 6.45) is 1.08. The molecule has 0 bridgehead atoms. The molecular weight excluding hydrogens is 340 g/mol. The number of rotatable bonds is 7. The lowest BCUT2D eigenvalue weighted by Gasteiger charge is -2.33. The van der Waals surface area contributed by atoms with E-state index in [4.69, 9.17) is 11.6 Å². The molecule has 0 N–H and O–H groups in total. The van der Waals surface area contributed by atoms with Crippen LogP contribution in [0.3, 0.4) is 0 Å². The molecule has 1 aliphatic heterocycles. The molecule has 0 unspecified atom stereocenters. The molecule has 0 aliphatic carbocycles. The first-order chi connectivity index (χ1) is 10.5. The Morgan fingerprint density at radius 1 is 1.18 bits per heavy atom. The van der Waals surface area contributed by atoms with Crippen LogP contribution in [-0.2, 0) is 10.0 Å². The Hall–Kier alpha value is -0.270. The van der Waals surface area contributed by atoms with Crippen LogP contribution in [0, 0.1) is 0 Å². The van der Waals surface area contributed by atoms with E-state index in [2.05, 4.69) is 4.90 Å². The minimum atomic E-state index is -3.02. The van der Waals surface area contributed by atoms with E-state index in [1.165, 1.54) is 0 Å². The van der Waals surface area contributed by atoms with Crippen molar-refractivity contribution in [1.82, 2.24) is 9.21 Å². The van der Waals surface area contributed by atoms with Crippen LogP contribution in [0.15, 0.2) is 29.2 Å². The highest BCUT2D eigenvalue weighted by molar-refractivity contribution is 7.99. The van der Waals surface area contributed by atoms with Crippen LogP contribution < -0.4 is 0 Å². The molecule has 0 radical (unpaired) electrons. The summed E-state index contributed by atoms with van der Waals surface area (Å²) in [6, 6.07) is 7.90. The number of hydrogen-bond donors (Lipinski definition) is 0. The van der Waals surface area contributed by atoms with Gasteiger partial charge in [0.15, 0.2) is 0 Å².